The van der Waals surface area contributed by atoms with E-state index in [1.54, 1.807) is 42.5 Å². The van der Waals surface area contributed by atoms with Crippen LogP contribution in [0.25, 0.3) is 0 Å². The highest BCUT2D eigenvalue weighted by Gasteiger charge is 2.39. The van der Waals surface area contributed by atoms with Crippen molar-refractivity contribution < 1.29 is 22.4 Å². The Morgan fingerprint density at radius 1 is 0.844 bits per heavy atom. The minimum Gasteiger partial charge on any atom is -0.351 e. The predicted octanol–water partition coefficient (Wildman–Crippen LogP) is 2.96. The van der Waals surface area contributed by atoms with Crippen LogP contribution in [0.3, 0.4) is 0 Å². The highest BCUT2D eigenvalue weighted by Crippen LogP contribution is 2.30. The van der Waals surface area contributed by atoms with Crippen molar-refractivity contribution in [2.24, 2.45) is 5.14 Å². The molecule has 9 heteroatoms. The summed E-state index contributed by atoms with van der Waals surface area (Å²) < 4.78 is 36.3. The molecule has 0 atom stereocenters. The predicted molar refractivity (Wildman–Crippen MR) is 118 cm³/mol. The third-order valence-corrected chi connectivity index (χ3v) is 5.87. The molecule has 1 heterocycles. The summed E-state index contributed by atoms with van der Waals surface area (Å²) >= 11 is 0. The maximum atomic E-state index is 13.3. The number of carbonyl (C=O) groups is 2. The van der Waals surface area contributed by atoms with Crippen LogP contribution in [-0.2, 0) is 26.0 Å². The third-order valence-electron chi connectivity index (χ3n) is 4.94. The Morgan fingerprint density at radius 2 is 1.47 bits per heavy atom. The molecular formula is C23H18FN3O4S. The largest absolute Gasteiger partial charge is 0.351 e. The van der Waals surface area contributed by atoms with E-state index in [-0.39, 0.29) is 22.6 Å². The van der Waals surface area contributed by atoms with Crippen molar-refractivity contribution in [3.8, 4) is 0 Å². The van der Waals surface area contributed by atoms with E-state index < -0.39 is 27.7 Å². The highest BCUT2D eigenvalue weighted by atomic mass is 32.2. The van der Waals surface area contributed by atoms with Crippen LogP contribution in [0.4, 0.5) is 15.8 Å². The molecule has 3 N–H and O–H groups in total. The molecule has 2 amide bonds. The summed E-state index contributed by atoms with van der Waals surface area (Å²) in [5, 5.41) is 8.06. The number of nitrogens with zero attached hydrogens (tertiary/aromatic N) is 1. The van der Waals surface area contributed by atoms with Crippen molar-refractivity contribution in [2.75, 3.05) is 10.2 Å². The van der Waals surface area contributed by atoms with E-state index in [9.17, 15) is 22.4 Å². The molecule has 0 aromatic heterocycles. The smallest absolute Gasteiger partial charge is 0.282 e. The molecule has 0 radical (unpaired) electrons. The maximum Gasteiger partial charge on any atom is 0.282 e. The van der Waals surface area contributed by atoms with Gasteiger partial charge in [0.05, 0.1) is 16.2 Å². The van der Waals surface area contributed by atoms with Gasteiger partial charge in [0, 0.05) is 12.1 Å². The number of imide groups is 1. The lowest BCUT2D eigenvalue weighted by atomic mass is 10.0. The van der Waals surface area contributed by atoms with Crippen molar-refractivity contribution in [3.63, 3.8) is 0 Å². The van der Waals surface area contributed by atoms with Gasteiger partial charge in [0.1, 0.15) is 11.5 Å². The molecule has 162 valence electrons. The first kappa shape index (κ1) is 21.4. The second kappa shape index (κ2) is 8.37. The van der Waals surface area contributed by atoms with Gasteiger partial charge in [-0.3, -0.25) is 9.59 Å². The lowest BCUT2D eigenvalue weighted by Gasteiger charge is -2.15. The van der Waals surface area contributed by atoms with Crippen LogP contribution < -0.4 is 15.4 Å². The fourth-order valence-electron chi connectivity index (χ4n) is 3.36. The van der Waals surface area contributed by atoms with E-state index in [0.29, 0.717) is 16.9 Å². The Kier molecular flexibility index (Phi) is 5.60. The van der Waals surface area contributed by atoms with Crippen LogP contribution in [0.2, 0.25) is 0 Å². The van der Waals surface area contributed by atoms with E-state index in [1.807, 2.05) is 0 Å². The fraction of sp³-hybridized carbons (Fsp3) is 0.0435. The average molecular weight is 451 g/mol. The average Bonchev–Trinajstić information content (AvgIpc) is 2.99. The van der Waals surface area contributed by atoms with Crippen molar-refractivity contribution in [1.82, 2.24) is 0 Å². The minimum atomic E-state index is -3.87. The monoisotopic (exact) mass is 451 g/mol. The zero-order valence-electron chi connectivity index (χ0n) is 16.7. The second-order valence-corrected chi connectivity index (χ2v) is 8.69. The fourth-order valence-corrected chi connectivity index (χ4v) is 3.87. The number of primary sulfonamides is 1. The molecule has 0 saturated heterocycles. The molecule has 3 aromatic carbocycles. The van der Waals surface area contributed by atoms with Crippen molar-refractivity contribution in [1.29, 1.82) is 0 Å². The maximum absolute atomic E-state index is 13.3. The molecule has 3 aromatic rings. The van der Waals surface area contributed by atoms with Crippen LogP contribution in [-0.4, -0.2) is 20.2 Å². The lowest BCUT2D eigenvalue weighted by molar-refractivity contribution is -0.120. The first-order chi connectivity index (χ1) is 15.2. The van der Waals surface area contributed by atoms with Gasteiger partial charge in [-0.15, -0.1) is 0 Å². The van der Waals surface area contributed by atoms with Crippen LogP contribution in [0.5, 0.6) is 0 Å². The van der Waals surface area contributed by atoms with Gasteiger partial charge < -0.3 is 5.32 Å². The van der Waals surface area contributed by atoms with E-state index in [4.69, 9.17) is 5.14 Å². The zero-order valence-corrected chi connectivity index (χ0v) is 17.5. The molecule has 32 heavy (non-hydrogen) atoms. The van der Waals surface area contributed by atoms with E-state index in [2.05, 4.69) is 5.32 Å². The molecule has 1 aliphatic heterocycles. The molecule has 4 rings (SSSR count). The quantitative estimate of drug-likeness (QED) is 0.560. The minimum absolute atomic E-state index is 0.0616. The summed E-state index contributed by atoms with van der Waals surface area (Å²) in [6.45, 7) is 0. The summed E-state index contributed by atoms with van der Waals surface area (Å²) in [6.07, 6.45) is 0.103. The molecule has 0 aliphatic carbocycles. The number of amides is 2. The number of rotatable bonds is 6. The molecular weight excluding hydrogens is 433 g/mol. The van der Waals surface area contributed by atoms with Gasteiger partial charge in [0.25, 0.3) is 11.8 Å². The Bertz CT molecular complexity index is 1320. The van der Waals surface area contributed by atoms with Gasteiger partial charge in [0.15, 0.2) is 0 Å². The number of hydrogen-bond acceptors (Lipinski definition) is 5. The normalized spacial score (nSPS) is 14.2. The number of nitrogens with two attached hydrogens (primary N) is 1. The second-order valence-electron chi connectivity index (χ2n) is 7.13. The summed E-state index contributed by atoms with van der Waals surface area (Å²) in [6, 6.07) is 19.7. The van der Waals surface area contributed by atoms with Gasteiger partial charge in [-0.25, -0.2) is 22.8 Å². The molecule has 0 fully saturated rings. The van der Waals surface area contributed by atoms with Gasteiger partial charge in [0.2, 0.25) is 10.0 Å². The summed E-state index contributed by atoms with van der Waals surface area (Å²) in [5.74, 6) is -1.45. The van der Waals surface area contributed by atoms with E-state index >= 15 is 0 Å². The Labute approximate surface area is 184 Å². The van der Waals surface area contributed by atoms with Crippen molar-refractivity contribution >= 4 is 33.2 Å². The molecule has 1 aliphatic rings. The number of sulfonamides is 1. The lowest BCUT2D eigenvalue weighted by Crippen LogP contribution is -2.32. The molecule has 0 bridgehead atoms. The van der Waals surface area contributed by atoms with Gasteiger partial charge in [-0.2, -0.15) is 0 Å². The van der Waals surface area contributed by atoms with Gasteiger partial charge in [-0.1, -0.05) is 30.3 Å². The first-order valence-electron chi connectivity index (χ1n) is 9.55. The van der Waals surface area contributed by atoms with Crippen LogP contribution in [0.1, 0.15) is 5.56 Å². The number of hydrogen-bond donors (Lipinski definition) is 2. The molecule has 0 saturated carbocycles. The highest BCUT2D eigenvalue weighted by molar-refractivity contribution is 7.89. The van der Waals surface area contributed by atoms with Crippen LogP contribution in [0.15, 0.2) is 95.0 Å². The molecule has 0 spiro atoms. The number of anilines is 2. The number of para-hydroxylation sites is 1. The first-order valence-corrected chi connectivity index (χ1v) is 11.1. The number of nitrogens with one attached hydrogen (secondary N) is 1. The number of benzene rings is 3. The number of carbonyl (C=O) groups excluding carboxylic acids is 2. The summed E-state index contributed by atoms with van der Waals surface area (Å²) in [7, 11) is -3.87. The van der Waals surface area contributed by atoms with E-state index in [1.165, 1.54) is 36.4 Å². The molecule has 7 nitrogen and oxygen atoms in total. The van der Waals surface area contributed by atoms with Crippen molar-refractivity contribution in [3.05, 3.63) is 102 Å². The Hall–Kier alpha value is -3.82. The summed E-state index contributed by atoms with van der Waals surface area (Å²) in [5.41, 5.74) is 1.74. The standard InChI is InChI=1S/C23H18FN3O4S/c24-16-8-6-15(7-9-16)14-20-21(26-17-10-12-19(13-11-17)32(25,30)31)23(29)27(22(20)28)18-4-2-1-3-5-18/h1-13,26H,14H2,(H2,25,30,31). The topological polar surface area (TPSA) is 110 Å². The number of halogens is 1. The third kappa shape index (κ3) is 4.29. The van der Waals surface area contributed by atoms with Crippen LogP contribution >= 0.6 is 0 Å². The summed E-state index contributed by atoms with van der Waals surface area (Å²) in [4.78, 5) is 27.4. The van der Waals surface area contributed by atoms with Crippen LogP contribution in [0, 0.1) is 5.82 Å². The Morgan fingerprint density at radius 3 is 2.06 bits per heavy atom. The SMILES string of the molecule is NS(=O)(=O)c1ccc(NC2=C(Cc3ccc(F)cc3)C(=O)N(c3ccccc3)C2=O)cc1. The van der Waals surface area contributed by atoms with Gasteiger partial charge >= 0.3 is 0 Å². The Balaban J connectivity index is 1.72. The van der Waals surface area contributed by atoms with Crippen molar-refractivity contribution in [2.45, 2.75) is 11.3 Å². The molecule has 0 unspecified atom stereocenters. The van der Waals surface area contributed by atoms with Gasteiger partial charge in [-0.05, 0) is 54.1 Å². The van der Waals surface area contributed by atoms with E-state index in [0.717, 1.165) is 4.90 Å². The zero-order chi connectivity index (χ0) is 22.9.